The van der Waals surface area contributed by atoms with E-state index in [0.29, 0.717) is 10.8 Å². The highest BCUT2D eigenvalue weighted by Gasteiger charge is 2.21. The van der Waals surface area contributed by atoms with Gasteiger partial charge in [0.05, 0.1) is 10.4 Å². The van der Waals surface area contributed by atoms with E-state index in [1.807, 2.05) is 4.72 Å². The molecule has 1 fully saturated rings. The number of carbonyl (C=O) groups excluding carboxylic acids is 1. The van der Waals surface area contributed by atoms with Crippen LogP contribution in [0.2, 0.25) is 4.34 Å². The van der Waals surface area contributed by atoms with Gasteiger partial charge in [0.1, 0.15) is 4.21 Å². The van der Waals surface area contributed by atoms with Crippen molar-refractivity contribution in [2.75, 3.05) is 6.61 Å². The van der Waals surface area contributed by atoms with E-state index in [1.54, 1.807) is 0 Å². The average Bonchev–Trinajstić information content (AvgIpc) is 2.96. The average molecular weight is 324 g/mol. The molecule has 1 aromatic heterocycles. The lowest BCUT2D eigenvalue weighted by molar-refractivity contribution is -0.119. The van der Waals surface area contributed by atoms with Crippen LogP contribution in [0.25, 0.3) is 0 Å². The molecular weight excluding hydrogens is 310 g/mol. The first kappa shape index (κ1) is 14.8. The molecule has 1 N–H and O–H groups in total. The largest absolute Gasteiger partial charge is 0.378 e. The van der Waals surface area contributed by atoms with Gasteiger partial charge in [-0.15, -0.1) is 11.3 Å². The van der Waals surface area contributed by atoms with Crippen LogP contribution < -0.4 is 4.72 Å². The van der Waals surface area contributed by atoms with Crippen LogP contribution in [0, 0.1) is 0 Å². The zero-order chi connectivity index (χ0) is 13.9. The SMILES string of the molecule is O=C(CC[C@@H]1CCCO1)NS(=O)(=O)c1ccc(Cl)s1. The van der Waals surface area contributed by atoms with E-state index in [1.165, 1.54) is 12.1 Å². The van der Waals surface area contributed by atoms with Gasteiger partial charge in [-0.25, -0.2) is 13.1 Å². The molecule has 19 heavy (non-hydrogen) atoms. The Hall–Kier alpha value is -0.630. The Morgan fingerprint density at radius 2 is 2.32 bits per heavy atom. The lowest BCUT2D eigenvalue weighted by Crippen LogP contribution is -2.30. The van der Waals surface area contributed by atoms with Crippen molar-refractivity contribution in [3.8, 4) is 0 Å². The van der Waals surface area contributed by atoms with E-state index in [0.717, 1.165) is 30.8 Å². The molecule has 106 valence electrons. The molecule has 1 atom stereocenters. The Labute approximate surface area is 121 Å². The fourth-order valence-electron chi connectivity index (χ4n) is 1.86. The molecule has 0 aromatic carbocycles. The van der Waals surface area contributed by atoms with E-state index in [2.05, 4.69) is 0 Å². The number of nitrogens with one attached hydrogen (secondary N) is 1. The minimum atomic E-state index is -3.79. The van der Waals surface area contributed by atoms with Gasteiger partial charge < -0.3 is 4.74 Å². The maximum Gasteiger partial charge on any atom is 0.273 e. The first-order valence-electron chi connectivity index (χ1n) is 5.90. The summed E-state index contributed by atoms with van der Waals surface area (Å²) >= 11 is 6.59. The first-order valence-corrected chi connectivity index (χ1v) is 8.58. The molecule has 2 heterocycles. The van der Waals surface area contributed by atoms with Gasteiger partial charge in [0.15, 0.2) is 0 Å². The summed E-state index contributed by atoms with van der Waals surface area (Å²) in [6, 6.07) is 2.86. The van der Waals surface area contributed by atoms with Gasteiger partial charge >= 0.3 is 0 Å². The first-order chi connectivity index (χ1) is 8.97. The predicted molar refractivity (Wildman–Crippen MR) is 72.9 cm³/mol. The number of sulfonamides is 1. The van der Waals surface area contributed by atoms with Crippen molar-refractivity contribution >= 4 is 38.9 Å². The van der Waals surface area contributed by atoms with E-state index in [4.69, 9.17) is 16.3 Å². The van der Waals surface area contributed by atoms with Crippen LogP contribution in [0.1, 0.15) is 25.7 Å². The van der Waals surface area contributed by atoms with Gasteiger partial charge in [-0.2, -0.15) is 0 Å². The summed E-state index contributed by atoms with van der Waals surface area (Å²) in [5, 5.41) is 0. The number of hydrogen-bond donors (Lipinski definition) is 1. The molecule has 0 aliphatic carbocycles. The number of ether oxygens (including phenoxy) is 1. The minimum Gasteiger partial charge on any atom is -0.378 e. The van der Waals surface area contributed by atoms with Crippen LogP contribution in [-0.2, 0) is 19.6 Å². The third-order valence-electron chi connectivity index (χ3n) is 2.78. The zero-order valence-corrected chi connectivity index (χ0v) is 12.5. The molecule has 0 radical (unpaired) electrons. The highest BCUT2D eigenvalue weighted by Crippen LogP contribution is 2.25. The number of amides is 1. The minimum absolute atomic E-state index is 0.0444. The summed E-state index contributed by atoms with van der Waals surface area (Å²) in [6.07, 6.45) is 2.69. The van der Waals surface area contributed by atoms with Crippen molar-refractivity contribution in [3.05, 3.63) is 16.5 Å². The third-order valence-corrected chi connectivity index (χ3v) is 5.88. The van der Waals surface area contributed by atoms with Gasteiger partial charge in [0, 0.05) is 13.0 Å². The van der Waals surface area contributed by atoms with Gasteiger partial charge in [-0.3, -0.25) is 4.79 Å². The second-order valence-corrected chi connectivity index (χ2v) is 7.89. The van der Waals surface area contributed by atoms with Gasteiger partial charge in [-0.1, -0.05) is 11.6 Å². The maximum absolute atomic E-state index is 11.8. The van der Waals surface area contributed by atoms with Crippen LogP contribution >= 0.6 is 22.9 Å². The van der Waals surface area contributed by atoms with Crippen LogP contribution in [0.15, 0.2) is 16.3 Å². The second-order valence-electron chi connectivity index (χ2n) is 4.26. The van der Waals surface area contributed by atoms with Crippen molar-refractivity contribution in [1.82, 2.24) is 4.72 Å². The lowest BCUT2D eigenvalue weighted by Gasteiger charge is -2.09. The number of thiophene rings is 1. The van der Waals surface area contributed by atoms with Gasteiger partial charge in [-0.05, 0) is 31.4 Å². The molecule has 0 bridgehead atoms. The van der Waals surface area contributed by atoms with E-state index >= 15 is 0 Å². The molecule has 1 aliphatic rings. The Bertz CT molecular complexity index is 549. The molecule has 1 saturated heterocycles. The molecule has 1 amide bonds. The highest BCUT2D eigenvalue weighted by molar-refractivity contribution is 7.92. The summed E-state index contributed by atoms with van der Waals surface area (Å²) in [7, 11) is -3.79. The van der Waals surface area contributed by atoms with Crippen LogP contribution in [0.4, 0.5) is 0 Å². The number of halogens is 1. The highest BCUT2D eigenvalue weighted by atomic mass is 35.5. The summed E-state index contributed by atoms with van der Waals surface area (Å²) in [5.41, 5.74) is 0. The van der Waals surface area contributed by atoms with E-state index < -0.39 is 15.9 Å². The monoisotopic (exact) mass is 323 g/mol. The Balaban J connectivity index is 1.87. The molecule has 0 saturated carbocycles. The number of carbonyl (C=O) groups is 1. The van der Waals surface area contributed by atoms with E-state index in [-0.39, 0.29) is 16.7 Å². The van der Waals surface area contributed by atoms with Crippen molar-refractivity contribution in [1.29, 1.82) is 0 Å². The van der Waals surface area contributed by atoms with Crippen molar-refractivity contribution < 1.29 is 17.9 Å². The van der Waals surface area contributed by atoms with Crippen LogP contribution in [0.5, 0.6) is 0 Å². The van der Waals surface area contributed by atoms with Crippen LogP contribution in [0.3, 0.4) is 0 Å². The number of rotatable bonds is 5. The molecule has 1 aromatic rings. The van der Waals surface area contributed by atoms with Gasteiger partial charge in [0.2, 0.25) is 5.91 Å². The van der Waals surface area contributed by atoms with E-state index in [9.17, 15) is 13.2 Å². The molecule has 5 nitrogen and oxygen atoms in total. The fraction of sp³-hybridized carbons (Fsp3) is 0.545. The topological polar surface area (TPSA) is 72.5 Å². The third kappa shape index (κ3) is 4.17. The Morgan fingerprint density at radius 1 is 1.53 bits per heavy atom. The molecule has 0 unspecified atom stereocenters. The van der Waals surface area contributed by atoms with Crippen LogP contribution in [-0.4, -0.2) is 27.0 Å². The lowest BCUT2D eigenvalue weighted by atomic mass is 10.1. The molecule has 1 aliphatic heterocycles. The molecule has 8 heteroatoms. The fourth-order valence-corrected chi connectivity index (χ4v) is 4.35. The summed E-state index contributed by atoms with van der Waals surface area (Å²) in [5.74, 6) is -0.514. The zero-order valence-electron chi connectivity index (χ0n) is 10.1. The summed E-state index contributed by atoms with van der Waals surface area (Å²) in [4.78, 5) is 11.6. The molecular formula is C11H14ClNO4S2. The Kier molecular flexibility index (Phi) is 4.83. The Morgan fingerprint density at radius 3 is 2.89 bits per heavy atom. The quantitative estimate of drug-likeness (QED) is 0.901. The summed E-state index contributed by atoms with van der Waals surface area (Å²) < 4.78 is 31.5. The second kappa shape index (κ2) is 6.21. The normalized spacial score (nSPS) is 19.5. The summed E-state index contributed by atoms with van der Waals surface area (Å²) in [6.45, 7) is 0.721. The standard InChI is InChI=1S/C11H14ClNO4S2/c12-9-4-6-11(18-9)19(15,16)13-10(14)5-3-8-2-1-7-17-8/h4,6,8H,1-3,5,7H2,(H,13,14)/t8-/m0/s1. The molecule has 2 rings (SSSR count). The van der Waals surface area contributed by atoms with Crippen molar-refractivity contribution in [2.24, 2.45) is 0 Å². The number of hydrogen-bond acceptors (Lipinski definition) is 5. The van der Waals surface area contributed by atoms with Gasteiger partial charge in [0.25, 0.3) is 10.0 Å². The smallest absolute Gasteiger partial charge is 0.273 e. The predicted octanol–water partition coefficient (Wildman–Crippen LogP) is 2.17. The van der Waals surface area contributed by atoms with Crippen molar-refractivity contribution in [3.63, 3.8) is 0 Å². The van der Waals surface area contributed by atoms with Crippen molar-refractivity contribution in [2.45, 2.75) is 36.0 Å². The maximum atomic E-state index is 11.8. The molecule has 0 spiro atoms.